The van der Waals surface area contributed by atoms with Crippen molar-refractivity contribution in [1.82, 2.24) is 0 Å². The van der Waals surface area contributed by atoms with E-state index < -0.39 is 0 Å². The first-order valence-electron chi connectivity index (χ1n) is 6.26. The van der Waals surface area contributed by atoms with Crippen molar-refractivity contribution in [3.05, 3.63) is 60.2 Å². The topological polar surface area (TPSA) is 0 Å². The first-order chi connectivity index (χ1) is 7.86. The van der Waals surface area contributed by atoms with Crippen molar-refractivity contribution in [3.63, 3.8) is 0 Å². The number of fused-ring (bicyclic) bond motifs is 1. The molecule has 1 aromatic carbocycles. The van der Waals surface area contributed by atoms with E-state index in [1.165, 1.54) is 12.0 Å². The molecule has 1 fully saturated rings. The molecule has 1 saturated carbocycles. The highest BCUT2D eigenvalue weighted by Crippen LogP contribution is 2.49. The van der Waals surface area contributed by atoms with Crippen molar-refractivity contribution in [3.8, 4) is 0 Å². The minimum atomic E-state index is 0.724. The van der Waals surface area contributed by atoms with Crippen LogP contribution in [0.4, 0.5) is 0 Å². The maximum atomic E-state index is 2.41. The molecule has 2 aliphatic rings. The van der Waals surface area contributed by atoms with Crippen LogP contribution < -0.4 is 0 Å². The number of benzene rings is 1. The Morgan fingerprint density at radius 1 is 0.938 bits per heavy atom. The van der Waals surface area contributed by atoms with Crippen LogP contribution >= 0.6 is 0 Å². The minimum absolute atomic E-state index is 0.724. The van der Waals surface area contributed by atoms with Crippen LogP contribution in [0, 0.1) is 17.8 Å². The lowest BCUT2D eigenvalue weighted by atomic mass is 9.82. The molecule has 0 radical (unpaired) electrons. The Bertz CT molecular complexity index is 413. The second-order valence-electron chi connectivity index (χ2n) is 5.15. The summed E-state index contributed by atoms with van der Waals surface area (Å²) in [5.74, 6) is 3.02. The zero-order chi connectivity index (χ0) is 11.0. The lowest BCUT2D eigenvalue weighted by molar-refractivity contribution is 0.445. The fourth-order valence-electron chi connectivity index (χ4n) is 3.39. The SMILES string of the molecule is CC1CC(c2ccccc2)C2C=CC=CC12. The normalized spacial score (nSPS) is 36.3. The summed E-state index contributed by atoms with van der Waals surface area (Å²) in [6.07, 6.45) is 10.6. The zero-order valence-corrected chi connectivity index (χ0v) is 9.71. The summed E-state index contributed by atoms with van der Waals surface area (Å²) >= 11 is 0. The van der Waals surface area contributed by atoms with E-state index in [1.54, 1.807) is 0 Å². The van der Waals surface area contributed by atoms with Crippen LogP contribution in [0.3, 0.4) is 0 Å². The maximum absolute atomic E-state index is 2.41. The smallest absolute Gasteiger partial charge is 0.00904 e. The van der Waals surface area contributed by atoms with Gasteiger partial charge in [-0.05, 0) is 35.7 Å². The lowest BCUT2D eigenvalue weighted by Gasteiger charge is -2.22. The van der Waals surface area contributed by atoms with Gasteiger partial charge in [0.25, 0.3) is 0 Å². The van der Waals surface area contributed by atoms with Crippen molar-refractivity contribution in [2.24, 2.45) is 17.8 Å². The quantitative estimate of drug-likeness (QED) is 0.652. The van der Waals surface area contributed by atoms with Gasteiger partial charge in [-0.15, -0.1) is 0 Å². The molecule has 0 saturated heterocycles. The van der Waals surface area contributed by atoms with Gasteiger partial charge in [-0.3, -0.25) is 0 Å². The third kappa shape index (κ3) is 1.53. The van der Waals surface area contributed by atoms with E-state index in [0.717, 1.165) is 23.7 Å². The number of rotatable bonds is 1. The second-order valence-corrected chi connectivity index (χ2v) is 5.15. The van der Waals surface area contributed by atoms with Gasteiger partial charge in [0.05, 0.1) is 0 Å². The van der Waals surface area contributed by atoms with E-state index in [9.17, 15) is 0 Å². The molecule has 0 heteroatoms. The average Bonchev–Trinajstić information content (AvgIpc) is 2.69. The third-order valence-corrected chi connectivity index (χ3v) is 4.20. The number of hydrogen-bond donors (Lipinski definition) is 0. The van der Waals surface area contributed by atoms with Gasteiger partial charge >= 0.3 is 0 Å². The maximum Gasteiger partial charge on any atom is -0.00904 e. The summed E-state index contributed by atoms with van der Waals surface area (Å²) in [4.78, 5) is 0. The predicted octanol–water partition coefficient (Wildman–Crippen LogP) is 4.17. The van der Waals surface area contributed by atoms with Gasteiger partial charge in [0, 0.05) is 0 Å². The summed E-state index contributed by atoms with van der Waals surface area (Å²) in [6, 6.07) is 11.0. The first kappa shape index (κ1) is 9.89. The third-order valence-electron chi connectivity index (χ3n) is 4.20. The Labute approximate surface area is 97.7 Å². The number of hydrogen-bond acceptors (Lipinski definition) is 0. The van der Waals surface area contributed by atoms with Gasteiger partial charge in [0.15, 0.2) is 0 Å². The van der Waals surface area contributed by atoms with Gasteiger partial charge < -0.3 is 0 Å². The molecule has 0 amide bonds. The van der Waals surface area contributed by atoms with Crippen molar-refractivity contribution in [1.29, 1.82) is 0 Å². The van der Waals surface area contributed by atoms with E-state index in [-0.39, 0.29) is 0 Å². The molecular formula is C16H18. The molecule has 0 aromatic heterocycles. The monoisotopic (exact) mass is 210 g/mol. The zero-order valence-electron chi connectivity index (χ0n) is 9.71. The molecule has 16 heavy (non-hydrogen) atoms. The Balaban J connectivity index is 1.93. The molecule has 82 valence electrons. The van der Waals surface area contributed by atoms with Crippen molar-refractivity contribution in [2.75, 3.05) is 0 Å². The Kier molecular flexibility index (Phi) is 2.43. The number of allylic oxidation sites excluding steroid dienone is 4. The highest BCUT2D eigenvalue weighted by Gasteiger charge is 2.39. The predicted molar refractivity (Wildman–Crippen MR) is 68.2 cm³/mol. The molecule has 0 aliphatic heterocycles. The summed E-state index contributed by atoms with van der Waals surface area (Å²) in [7, 11) is 0. The van der Waals surface area contributed by atoms with E-state index in [4.69, 9.17) is 0 Å². The summed E-state index contributed by atoms with van der Waals surface area (Å²) < 4.78 is 0. The van der Waals surface area contributed by atoms with Crippen molar-refractivity contribution < 1.29 is 0 Å². The van der Waals surface area contributed by atoms with Crippen LogP contribution in [0.5, 0.6) is 0 Å². The van der Waals surface area contributed by atoms with Crippen molar-refractivity contribution >= 4 is 0 Å². The largest absolute Gasteiger partial charge is 0.0806 e. The fourth-order valence-corrected chi connectivity index (χ4v) is 3.39. The van der Waals surface area contributed by atoms with E-state index in [2.05, 4.69) is 61.6 Å². The molecule has 3 rings (SSSR count). The van der Waals surface area contributed by atoms with Crippen LogP contribution in [0.2, 0.25) is 0 Å². The molecule has 4 atom stereocenters. The van der Waals surface area contributed by atoms with Gasteiger partial charge in [-0.1, -0.05) is 61.6 Å². The standard InChI is InChI=1S/C16H18/c1-12-11-16(13-7-3-2-4-8-13)15-10-6-5-9-14(12)15/h2-10,12,14-16H,11H2,1H3. The van der Waals surface area contributed by atoms with Gasteiger partial charge in [-0.25, -0.2) is 0 Å². The average molecular weight is 210 g/mol. The van der Waals surface area contributed by atoms with Crippen molar-refractivity contribution in [2.45, 2.75) is 19.3 Å². The highest BCUT2D eigenvalue weighted by atomic mass is 14.4. The summed E-state index contributed by atoms with van der Waals surface area (Å²) in [5.41, 5.74) is 1.52. The molecule has 0 bridgehead atoms. The Morgan fingerprint density at radius 2 is 1.62 bits per heavy atom. The lowest BCUT2D eigenvalue weighted by Crippen LogP contribution is -2.13. The Hall–Kier alpha value is -1.30. The molecule has 2 aliphatic carbocycles. The molecule has 1 aromatic rings. The van der Waals surface area contributed by atoms with Gasteiger partial charge in [0.2, 0.25) is 0 Å². The van der Waals surface area contributed by atoms with Crippen LogP contribution in [0.25, 0.3) is 0 Å². The highest BCUT2D eigenvalue weighted by molar-refractivity contribution is 5.28. The summed E-state index contributed by atoms with van der Waals surface area (Å²) in [6.45, 7) is 2.39. The summed E-state index contributed by atoms with van der Waals surface area (Å²) in [5, 5.41) is 0. The molecule has 0 nitrogen and oxygen atoms in total. The molecule has 0 heterocycles. The van der Waals surface area contributed by atoms with Crippen LogP contribution in [-0.2, 0) is 0 Å². The molecular weight excluding hydrogens is 192 g/mol. The van der Waals surface area contributed by atoms with Crippen LogP contribution in [0.1, 0.15) is 24.8 Å². The van der Waals surface area contributed by atoms with Gasteiger partial charge in [-0.2, -0.15) is 0 Å². The van der Waals surface area contributed by atoms with E-state index >= 15 is 0 Å². The first-order valence-corrected chi connectivity index (χ1v) is 6.26. The Morgan fingerprint density at radius 3 is 2.38 bits per heavy atom. The molecule has 0 spiro atoms. The van der Waals surface area contributed by atoms with Crippen LogP contribution in [0.15, 0.2) is 54.6 Å². The molecule has 0 N–H and O–H groups in total. The van der Waals surface area contributed by atoms with E-state index in [1.807, 2.05) is 0 Å². The molecule has 4 unspecified atom stereocenters. The second kappa shape index (κ2) is 3.93. The van der Waals surface area contributed by atoms with Gasteiger partial charge in [0.1, 0.15) is 0 Å². The van der Waals surface area contributed by atoms with E-state index in [0.29, 0.717) is 0 Å². The van der Waals surface area contributed by atoms with Crippen LogP contribution in [-0.4, -0.2) is 0 Å². The fraction of sp³-hybridized carbons (Fsp3) is 0.375. The minimum Gasteiger partial charge on any atom is -0.0806 e.